The van der Waals surface area contributed by atoms with Gasteiger partial charge in [0.15, 0.2) is 0 Å². The topological polar surface area (TPSA) is 59.8 Å². The zero-order chi connectivity index (χ0) is 16.2. The van der Waals surface area contributed by atoms with Crippen molar-refractivity contribution in [2.75, 3.05) is 5.32 Å². The van der Waals surface area contributed by atoms with E-state index in [4.69, 9.17) is 0 Å². The standard InChI is InChI=1S/C18H20N4O/c1-3-4-5-18(23)19-14-8-11-16-17(12-14)21-22(20-16)15-9-6-13(2)7-10-15/h6-12H,3-5H2,1-2H3,(H,19,23). The Kier molecular flexibility index (Phi) is 4.37. The molecule has 0 spiro atoms. The van der Waals surface area contributed by atoms with E-state index in [0.717, 1.165) is 35.2 Å². The highest BCUT2D eigenvalue weighted by atomic mass is 16.1. The number of nitrogens with one attached hydrogen (secondary N) is 1. The van der Waals surface area contributed by atoms with Gasteiger partial charge in [-0.05, 0) is 43.7 Å². The Labute approximate surface area is 135 Å². The van der Waals surface area contributed by atoms with Crippen molar-refractivity contribution < 1.29 is 4.79 Å². The first-order valence-electron chi connectivity index (χ1n) is 7.90. The molecule has 0 atom stereocenters. The highest BCUT2D eigenvalue weighted by Gasteiger charge is 2.07. The molecule has 3 rings (SSSR count). The number of hydrogen-bond donors (Lipinski definition) is 1. The van der Waals surface area contributed by atoms with E-state index in [1.54, 1.807) is 4.80 Å². The maximum absolute atomic E-state index is 11.8. The van der Waals surface area contributed by atoms with E-state index in [1.807, 2.05) is 49.4 Å². The Morgan fingerprint density at radius 1 is 1.09 bits per heavy atom. The Hall–Kier alpha value is -2.69. The summed E-state index contributed by atoms with van der Waals surface area (Å²) in [5.74, 6) is 0.0390. The van der Waals surface area contributed by atoms with E-state index < -0.39 is 0 Å². The number of fused-ring (bicyclic) bond motifs is 1. The molecule has 0 unspecified atom stereocenters. The van der Waals surface area contributed by atoms with E-state index in [2.05, 4.69) is 22.4 Å². The Balaban J connectivity index is 1.83. The van der Waals surface area contributed by atoms with Gasteiger partial charge in [-0.25, -0.2) is 0 Å². The average molecular weight is 308 g/mol. The molecule has 5 nitrogen and oxygen atoms in total. The summed E-state index contributed by atoms with van der Waals surface area (Å²) in [7, 11) is 0. The summed E-state index contributed by atoms with van der Waals surface area (Å²) in [6.07, 6.45) is 2.46. The molecule has 1 N–H and O–H groups in total. The average Bonchev–Trinajstić information content (AvgIpc) is 2.96. The van der Waals surface area contributed by atoms with Crippen LogP contribution in [0.15, 0.2) is 42.5 Å². The number of benzene rings is 2. The summed E-state index contributed by atoms with van der Waals surface area (Å²) in [5.41, 5.74) is 4.44. The van der Waals surface area contributed by atoms with Crippen LogP contribution in [0.2, 0.25) is 0 Å². The van der Waals surface area contributed by atoms with Gasteiger partial charge in [0.05, 0.1) is 5.69 Å². The molecule has 0 saturated heterocycles. The Morgan fingerprint density at radius 2 is 1.83 bits per heavy atom. The molecular formula is C18H20N4O. The quantitative estimate of drug-likeness (QED) is 0.778. The van der Waals surface area contributed by atoms with Gasteiger partial charge in [-0.3, -0.25) is 4.79 Å². The number of rotatable bonds is 5. The van der Waals surface area contributed by atoms with Crippen molar-refractivity contribution >= 4 is 22.6 Å². The summed E-state index contributed by atoms with van der Waals surface area (Å²) < 4.78 is 0. The number of anilines is 1. The SMILES string of the molecule is CCCCC(=O)Nc1ccc2nn(-c3ccc(C)cc3)nc2c1. The van der Waals surface area contributed by atoms with Crippen LogP contribution in [0.25, 0.3) is 16.7 Å². The van der Waals surface area contributed by atoms with Gasteiger partial charge in [0, 0.05) is 12.1 Å². The summed E-state index contributed by atoms with van der Waals surface area (Å²) >= 11 is 0. The number of nitrogens with zero attached hydrogens (tertiary/aromatic N) is 3. The second-order valence-electron chi connectivity index (χ2n) is 5.68. The van der Waals surface area contributed by atoms with Gasteiger partial charge in [0.2, 0.25) is 5.91 Å². The molecule has 0 radical (unpaired) electrons. The second kappa shape index (κ2) is 6.60. The van der Waals surface area contributed by atoms with Crippen molar-refractivity contribution in [1.82, 2.24) is 15.0 Å². The van der Waals surface area contributed by atoms with Crippen LogP contribution in [-0.4, -0.2) is 20.9 Å². The molecule has 0 aliphatic heterocycles. The lowest BCUT2D eigenvalue weighted by Gasteiger charge is -2.03. The van der Waals surface area contributed by atoms with Gasteiger partial charge in [0.1, 0.15) is 11.0 Å². The molecule has 0 aliphatic rings. The molecule has 0 fully saturated rings. The Morgan fingerprint density at radius 3 is 2.57 bits per heavy atom. The van der Waals surface area contributed by atoms with Crippen LogP contribution in [-0.2, 0) is 4.79 Å². The highest BCUT2D eigenvalue weighted by molar-refractivity contribution is 5.92. The predicted octanol–water partition coefficient (Wildman–Crippen LogP) is 3.86. The van der Waals surface area contributed by atoms with Crippen LogP contribution in [0.3, 0.4) is 0 Å². The van der Waals surface area contributed by atoms with Crippen LogP contribution < -0.4 is 5.32 Å². The summed E-state index contributed by atoms with van der Waals surface area (Å²) in [4.78, 5) is 13.4. The number of carbonyl (C=O) groups is 1. The second-order valence-corrected chi connectivity index (χ2v) is 5.68. The molecule has 0 saturated carbocycles. The number of unbranched alkanes of at least 4 members (excludes halogenated alkanes) is 1. The van der Waals surface area contributed by atoms with Gasteiger partial charge >= 0.3 is 0 Å². The van der Waals surface area contributed by atoms with Gasteiger partial charge in [0.25, 0.3) is 0 Å². The molecule has 3 aromatic rings. The Bertz CT molecular complexity index is 821. The molecule has 118 valence electrons. The number of aromatic nitrogens is 3. The third kappa shape index (κ3) is 3.56. The third-order valence-electron chi connectivity index (χ3n) is 3.69. The summed E-state index contributed by atoms with van der Waals surface area (Å²) in [6, 6.07) is 13.6. The maximum atomic E-state index is 11.8. The van der Waals surface area contributed by atoms with Crippen LogP contribution in [0.1, 0.15) is 31.7 Å². The fourth-order valence-electron chi connectivity index (χ4n) is 2.35. The molecule has 1 amide bonds. The lowest BCUT2D eigenvalue weighted by atomic mass is 10.2. The maximum Gasteiger partial charge on any atom is 0.224 e. The monoisotopic (exact) mass is 308 g/mol. The number of carbonyl (C=O) groups excluding carboxylic acids is 1. The van der Waals surface area contributed by atoms with E-state index in [0.29, 0.717) is 6.42 Å². The molecule has 0 aliphatic carbocycles. The largest absolute Gasteiger partial charge is 0.326 e. The fourth-order valence-corrected chi connectivity index (χ4v) is 2.35. The predicted molar refractivity (Wildman–Crippen MR) is 91.8 cm³/mol. The van der Waals surface area contributed by atoms with Crippen LogP contribution in [0.5, 0.6) is 0 Å². The van der Waals surface area contributed by atoms with Crippen molar-refractivity contribution in [3.05, 3.63) is 48.0 Å². The van der Waals surface area contributed by atoms with Crippen molar-refractivity contribution in [2.45, 2.75) is 33.1 Å². The van der Waals surface area contributed by atoms with Gasteiger partial charge < -0.3 is 5.32 Å². The molecule has 5 heteroatoms. The number of hydrogen-bond acceptors (Lipinski definition) is 3. The number of amides is 1. The highest BCUT2D eigenvalue weighted by Crippen LogP contribution is 2.18. The normalized spacial score (nSPS) is 10.9. The molecule has 1 heterocycles. The van der Waals surface area contributed by atoms with Gasteiger partial charge in [-0.1, -0.05) is 31.0 Å². The third-order valence-corrected chi connectivity index (χ3v) is 3.69. The van der Waals surface area contributed by atoms with Crippen molar-refractivity contribution in [3.8, 4) is 5.69 Å². The first-order valence-corrected chi connectivity index (χ1v) is 7.90. The molecule has 0 bridgehead atoms. The lowest BCUT2D eigenvalue weighted by Crippen LogP contribution is -2.10. The van der Waals surface area contributed by atoms with Crippen molar-refractivity contribution in [2.24, 2.45) is 0 Å². The minimum Gasteiger partial charge on any atom is -0.326 e. The van der Waals surface area contributed by atoms with Crippen LogP contribution in [0, 0.1) is 6.92 Å². The van der Waals surface area contributed by atoms with E-state index in [9.17, 15) is 4.79 Å². The van der Waals surface area contributed by atoms with Crippen LogP contribution >= 0.6 is 0 Å². The molecule has 2 aromatic carbocycles. The molecule has 23 heavy (non-hydrogen) atoms. The first-order chi connectivity index (χ1) is 11.2. The zero-order valence-corrected chi connectivity index (χ0v) is 13.4. The first kappa shape index (κ1) is 15.2. The van der Waals surface area contributed by atoms with Crippen molar-refractivity contribution in [3.63, 3.8) is 0 Å². The van der Waals surface area contributed by atoms with E-state index in [-0.39, 0.29) is 5.91 Å². The molecular weight excluding hydrogens is 288 g/mol. The summed E-state index contributed by atoms with van der Waals surface area (Å²) in [5, 5.41) is 11.9. The van der Waals surface area contributed by atoms with E-state index >= 15 is 0 Å². The minimum absolute atomic E-state index is 0.0390. The summed E-state index contributed by atoms with van der Waals surface area (Å²) in [6.45, 7) is 4.12. The minimum atomic E-state index is 0.0390. The van der Waals surface area contributed by atoms with Gasteiger partial charge in [-0.15, -0.1) is 10.2 Å². The lowest BCUT2D eigenvalue weighted by molar-refractivity contribution is -0.116. The van der Waals surface area contributed by atoms with Crippen molar-refractivity contribution in [1.29, 1.82) is 0 Å². The van der Waals surface area contributed by atoms with Gasteiger partial charge in [-0.2, -0.15) is 4.80 Å². The number of aryl methyl sites for hydroxylation is 1. The van der Waals surface area contributed by atoms with E-state index in [1.165, 1.54) is 5.56 Å². The fraction of sp³-hybridized carbons (Fsp3) is 0.278. The zero-order valence-electron chi connectivity index (χ0n) is 13.4. The smallest absolute Gasteiger partial charge is 0.224 e. The molecule has 1 aromatic heterocycles. The van der Waals surface area contributed by atoms with Crippen LogP contribution in [0.4, 0.5) is 5.69 Å².